The fourth-order valence-electron chi connectivity index (χ4n) is 0.151. The van der Waals surface area contributed by atoms with E-state index in [-0.39, 0.29) is 0 Å². The molecular formula is H3NO4S2. The van der Waals surface area contributed by atoms with Crippen LogP contribution in [0.15, 0.2) is 0 Å². The molecule has 1 heterocycles. The molecule has 0 aromatic heterocycles. The minimum absolute atomic E-state index is 1.65. The van der Waals surface area contributed by atoms with Gasteiger partial charge in [0.1, 0.15) is 0 Å². The Balaban J connectivity index is 2.40. The van der Waals surface area contributed by atoms with Crippen molar-refractivity contribution in [2.24, 2.45) is 0 Å². The van der Waals surface area contributed by atoms with Crippen molar-refractivity contribution in [3.05, 3.63) is 0 Å². The highest BCUT2D eigenvalue weighted by molar-refractivity contribution is 8.13. The van der Waals surface area contributed by atoms with Crippen molar-refractivity contribution < 1.29 is 17.4 Å². The van der Waals surface area contributed by atoms with E-state index in [4.69, 9.17) is 4.55 Å². The lowest BCUT2D eigenvalue weighted by Gasteiger charge is -1.99. The summed E-state index contributed by atoms with van der Waals surface area (Å²) in [6.07, 6.45) is 0. The van der Waals surface area contributed by atoms with E-state index >= 15 is 0 Å². The average Bonchev–Trinajstić information content (AvgIpc) is 1.87. The Labute approximate surface area is 45.2 Å². The lowest BCUT2D eigenvalue weighted by atomic mass is 13.9. The average molecular weight is 145 g/mol. The van der Waals surface area contributed by atoms with Gasteiger partial charge in [-0.15, -0.1) is 15.8 Å². The predicted octanol–water partition coefficient (Wildman–Crippen LogP) is -0.579. The molecule has 2 atom stereocenters. The van der Waals surface area contributed by atoms with Crippen molar-refractivity contribution in [3.8, 4) is 0 Å². The molecule has 0 spiro atoms. The fourth-order valence-corrected chi connectivity index (χ4v) is 1.36. The minimum Gasteiger partial charge on any atom is -0.285 e. The summed E-state index contributed by atoms with van der Waals surface area (Å²) in [5.41, 5.74) is 0. The van der Waals surface area contributed by atoms with Crippen LogP contribution in [0.4, 0.5) is 0 Å². The summed E-state index contributed by atoms with van der Waals surface area (Å²) < 4.78 is 28.2. The van der Waals surface area contributed by atoms with Crippen molar-refractivity contribution in [3.63, 3.8) is 0 Å². The normalized spacial score (nSPS) is 47.0. The highest BCUT2D eigenvalue weighted by atomic mass is 32.3. The Kier molecular flexibility index (Phi) is 1.62. The zero-order valence-electron chi connectivity index (χ0n) is 3.03. The lowest BCUT2D eigenvalue weighted by molar-refractivity contribution is -0.0644. The maximum atomic E-state index is 9.96. The zero-order valence-corrected chi connectivity index (χ0v) is 4.74. The molecule has 7 heavy (non-hydrogen) atoms. The van der Waals surface area contributed by atoms with Crippen LogP contribution in [0.2, 0.25) is 0 Å². The number of hydrogen-bond donors (Lipinski definition) is 3. The molecule has 0 saturated carbocycles. The largest absolute Gasteiger partial charge is 0.285 e. The van der Waals surface area contributed by atoms with Gasteiger partial charge >= 0.3 is 0 Å². The van der Waals surface area contributed by atoms with Crippen LogP contribution in [0.5, 0.6) is 0 Å². The van der Waals surface area contributed by atoms with Crippen molar-refractivity contribution in [1.29, 1.82) is 0 Å². The van der Waals surface area contributed by atoms with Gasteiger partial charge in [0.25, 0.3) is 11.3 Å². The van der Waals surface area contributed by atoms with Crippen molar-refractivity contribution in [1.82, 2.24) is 4.13 Å². The van der Waals surface area contributed by atoms with Crippen molar-refractivity contribution >= 4 is 22.9 Å². The fraction of sp³-hybridized carbons (Fsp3) is 0. The second-order valence-electron chi connectivity index (χ2n) is 0.742. The molecule has 0 radical (unpaired) electrons. The molecule has 44 valence electrons. The topological polar surface area (TPSA) is 67.8 Å². The Morgan fingerprint density at radius 1 is 1.86 bits per heavy atom. The lowest BCUT2D eigenvalue weighted by Crippen LogP contribution is -2.02. The second-order valence-corrected chi connectivity index (χ2v) is 2.77. The summed E-state index contributed by atoms with van der Waals surface area (Å²) in [6, 6.07) is 0. The van der Waals surface area contributed by atoms with Crippen LogP contribution in [-0.4, -0.2) is 8.76 Å². The van der Waals surface area contributed by atoms with E-state index < -0.39 is 22.9 Å². The maximum absolute atomic E-state index is 9.96. The summed E-state index contributed by atoms with van der Waals surface area (Å²) in [7, 11) is 0. The van der Waals surface area contributed by atoms with E-state index in [1.54, 1.807) is 0 Å². The highest BCUT2D eigenvalue weighted by Gasteiger charge is 2.13. The molecule has 0 aromatic carbocycles. The molecule has 1 saturated heterocycles. The minimum atomic E-state index is -1.78. The molecule has 0 amide bonds. The first-order valence-electron chi connectivity index (χ1n) is 1.31. The molecule has 1 fully saturated rings. The summed E-state index contributed by atoms with van der Waals surface area (Å²) in [5, 5.41) is 0. The van der Waals surface area contributed by atoms with Crippen molar-refractivity contribution in [2.45, 2.75) is 0 Å². The van der Waals surface area contributed by atoms with Crippen LogP contribution in [0.3, 0.4) is 0 Å². The van der Waals surface area contributed by atoms with Crippen LogP contribution < -0.4 is 4.13 Å². The van der Waals surface area contributed by atoms with Gasteiger partial charge in [-0.2, -0.15) is 0 Å². The van der Waals surface area contributed by atoms with E-state index in [1.807, 2.05) is 0 Å². The molecular weight excluding hydrogens is 142 g/mol. The first-order chi connectivity index (χ1) is 3.29. The number of rotatable bonds is 0. The van der Waals surface area contributed by atoms with Gasteiger partial charge in [-0.05, 0) is 0 Å². The summed E-state index contributed by atoms with van der Waals surface area (Å²) in [4.78, 5) is 0. The maximum Gasteiger partial charge on any atom is 0.283 e. The third-order valence-electron chi connectivity index (χ3n) is 0.315. The third kappa shape index (κ3) is 1.37. The molecule has 7 heteroatoms. The second kappa shape index (κ2) is 2.07. The van der Waals surface area contributed by atoms with Gasteiger partial charge in [0.2, 0.25) is 0 Å². The molecule has 0 bridgehead atoms. The Hall–Kier alpha value is 0.340. The molecule has 1 rings (SSSR count). The summed E-state index contributed by atoms with van der Waals surface area (Å²) >= 11 is -3.42. The standard InChI is InChI=1S/H3NO4S2/c2-6-1-7(3)5-4-6/h1-2,6H. The first kappa shape index (κ1) is 5.48. The van der Waals surface area contributed by atoms with E-state index in [1.165, 1.54) is 0 Å². The van der Waals surface area contributed by atoms with Gasteiger partial charge in [-0.3, -0.25) is 4.55 Å². The molecule has 2 unspecified atom stereocenters. The van der Waals surface area contributed by atoms with Crippen LogP contribution in [0.25, 0.3) is 0 Å². The number of nitrogens with one attached hydrogen (secondary N) is 1. The Morgan fingerprint density at radius 2 is 2.57 bits per heavy atom. The Morgan fingerprint density at radius 3 is 2.71 bits per heavy atom. The van der Waals surface area contributed by atoms with Gasteiger partial charge in [-0.1, -0.05) is 8.67 Å². The summed E-state index contributed by atoms with van der Waals surface area (Å²) in [5.74, 6) is 0. The van der Waals surface area contributed by atoms with Gasteiger partial charge < -0.3 is 0 Å². The van der Waals surface area contributed by atoms with Gasteiger partial charge in [0.15, 0.2) is 0 Å². The quantitative estimate of drug-likeness (QED) is 0.315. The smallest absolute Gasteiger partial charge is 0.283 e. The van der Waals surface area contributed by atoms with E-state index in [9.17, 15) is 4.21 Å². The van der Waals surface area contributed by atoms with Gasteiger partial charge in [0, 0.05) is 0 Å². The molecule has 0 aromatic rings. The van der Waals surface area contributed by atoms with Crippen LogP contribution in [-0.2, 0) is 19.9 Å². The van der Waals surface area contributed by atoms with Crippen LogP contribution >= 0.6 is 11.6 Å². The predicted molar refractivity (Wildman–Crippen MR) is 25.1 cm³/mol. The van der Waals surface area contributed by atoms with Crippen LogP contribution in [0.1, 0.15) is 0 Å². The number of thiol groups is 1. The molecule has 1 aliphatic rings. The zero-order chi connectivity index (χ0) is 5.28. The SMILES string of the molecule is O=S1N[SH](O)OO1. The molecule has 2 N–H and O–H groups in total. The van der Waals surface area contributed by atoms with E-state index in [0.717, 1.165) is 0 Å². The van der Waals surface area contributed by atoms with Crippen LogP contribution in [0, 0.1) is 0 Å². The van der Waals surface area contributed by atoms with Gasteiger partial charge in [-0.25, -0.2) is 4.21 Å². The third-order valence-corrected chi connectivity index (χ3v) is 2.04. The molecule has 0 aliphatic carbocycles. The van der Waals surface area contributed by atoms with E-state index in [0.29, 0.717) is 0 Å². The van der Waals surface area contributed by atoms with Gasteiger partial charge in [0.05, 0.1) is 0 Å². The molecule has 5 nitrogen and oxygen atoms in total. The first-order valence-corrected chi connectivity index (χ1v) is 3.60. The Bertz CT molecular complexity index is 91.7. The van der Waals surface area contributed by atoms with Crippen molar-refractivity contribution in [2.75, 3.05) is 0 Å². The van der Waals surface area contributed by atoms with E-state index in [2.05, 4.69) is 12.8 Å². The monoisotopic (exact) mass is 145 g/mol. The highest BCUT2D eigenvalue weighted by Crippen LogP contribution is 2.22. The molecule has 1 aliphatic heterocycles. The number of hydrogen-bond acceptors (Lipinski definition) is 4. The summed E-state index contributed by atoms with van der Waals surface area (Å²) in [6.45, 7) is 0.